The van der Waals surface area contributed by atoms with Crippen molar-refractivity contribution in [1.29, 1.82) is 0 Å². The summed E-state index contributed by atoms with van der Waals surface area (Å²) in [5.41, 5.74) is 8.83. The third kappa shape index (κ3) is 2.77. The van der Waals surface area contributed by atoms with Crippen molar-refractivity contribution in [1.82, 2.24) is 9.55 Å². The summed E-state index contributed by atoms with van der Waals surface area (Å²) in [5, 5.41) is 10.1. The first kappa shape index (κ1) is 14.4. The zero-order valence-electron chi connectivity index (χ0n) is 13.0. The van der Waals surface area contributed by atoms with Gasteiger partial charge in [0.15, 0.2) is 0 Å². The van der Waals surface area contributed by atoms with Gasteiger partial charge in [0.05, 0.1) is 11.0 Å². The maximum Gasteiger partial charge on any atom is 0.138 e. The number of anilines is 1. The minimum absolute atomic E-state index is 0.302. The number of aliphatic hydroxyl groups is 1. The predicted molar refractivity (Wildman–Crippen MR) is 86.0 cm³/mol. The molecule has 1 aliphatic carbocycles. The second-order valence-electron chi connectivity index (χ2n) is 6.85. The topological polar surface area (TPSA) is 64.1 Å². The molecule has 3 rings (SSSR count). The molecule has 1 aromatic heterocycles. The summed E-state index contributed by atoms with van der Waals surface area (Å²) in [4.78, 5) is 4.60. The highest BCUT2D eigenvalue weighted by Crippen LogP contribution is 2.38. The Morgan fingerprint density at radius 3 is 2.71 bits per heavy atom. The summed E-state index contributed by atoms with van der Waals surface area (Å²) in [6.07, 6.45) is 5.90. The lowest BCUT2D eigenvalue weighted by Gasteiger charge is -2.34. The first-order valence-corrected chi connectivity index (χ1v) is 7.92. The van der Waals surface area contributed by atoms with Gasteiger partial charge in [0.1, 0.15) is 11.9 Å². The maximum absolute atomic E-state index is 10.1. The Hall–Kier alpha value is -1.55. The quantitative estimate of drug-likeness (QED) is 0.847. The molecule has 1 unspecified atom stereocenters. The molecule has 0 bridgehead atoms. The number of rotatable bonds is 3. The van der Waals surface area contributed by atoms with Crippen molar-refractivity contribution in [2.45, 2.75) is 58.6 Å². The van der Waals surface area contributed by atoms with E-state index in [2.05, 4.69) is 16.5 Å². The molecule has 21 heavy (non-hydrogen) atoms. The molecule has 0 saturated heterocycles. The Morgan fingerprint density at radius 2 is 2.05 bits per heavy atom. The van der Waals surface area contributed by atoms with Crippen molar-refractivity contribution in [2.24, 2.45) is 5.41 Å². The maximum atomic E-state index is 10.1. The van der Waals surface area contributed by atoms with Crippen LogP contribution in [-0.2, 0) is 6.54 Å². The van der Waals surface area contributed by atoms with Gasteiger partial charge in [-0.3, -0.25) is 0 Å². The van der Waals surface area contributed by atoms with Crippen molar-refractivity contribution in [3.8, 4) is 0 Å². The Kier molecular flexibility index (Phi) is 3.66. The highest BCUT2D eigenvalue weighted by atomic mass is 16.3. The van der Waals surface area contributed by atoms with Crippen LogP contribution in [0.4, 0.5) is 5.69 Å². The average molecular weight is 287 g/mol. The van der Waals surface area contributed by atoms with Gasteiger partial charge < -0.3 is 15.4 Å². The van der Waals surface area contributed by atoms with E-state index >= 15 is 0 Å². The summed E-state index contributed by atoms with van der Waals surface area (Å²) in [7, 11) is 0. The van der Waals surface area contributed by atoms with Crippen LogP contribution >= 0.6 is 0 Å². The van der Waals surface area contributed by atoms with Gasteiger partial charge in [-0.2, -0.15) is 0 Å². The molecule has 1 aliphatic rings. The molecule has 1 saturated carbocycles. The summed E-state index contributed by atoms with van der Waals surface area (Å²) < 4.78 is 2.20. The van der Waals surface area contributed by atoms with Gasteiger partial charge in [-0.05, 0) is 43.4 Å². The molecular formula is C17H25N3O. The van der Waals surface area contributed by atoms with Crippen LogP contribution in [0.1, 0.15) is 57.9 Å². The van der Waals surface area contributed by atoms with Crippen molar-refractivity contribution < 1.29 is 5.11 Å². The van der Waals surface area contributed by atoms with Crippen molar-refractivity contribution in [3.63, 3.8) is 0 Å². The van der Waals surface area contributed by atoms with E-state index in [1.54, 1.807) is 6.92 Å². The summed E-state index contributed by atoms with van der Waals surface area (Å²) in [6, 6.07) is 5.83. The molecule has 3 N–H and O–H groups in total. The lowest BCUT2D eigenvalue weighted by Crippen LogP contribution is -2.27. The van der Waals surface area contributed by atoms with Crippen LogP contribution in [0.3, 0.4) is 0 Å². The van der Waals surface area contributed by atoms with E-state index in [0.29, 0.717) is 11.1 Å². The number of aliphatic hydroxyl groups excluding tert-OH is 1. The van der Waals surface area contributed by atoms with E-state index in [9.17, 15) is 5.11 Å². The molecule has 4 nitrogen and oxygen atoms in total. The molecule has 0 amide bonds. The molecule has 1 atom stereocenters. The fourth-order valence-electron chi connectivity index (χ4n) is 3.60. The normalized spacial score (nSPS) is 19.8. The van der Waals surface area contributed by atoms with Gasteiger partial charge in [-0.25, -0.2) is 4.98 Å². The fourth-order valence-corrected chi connectivity index (χ4v) is 3.60. The number of fused-ring (bicyclic) bond motifs is 1. The Morgan fingerprint density at radius 1 is 1.33 bits per heavy atom. The Labute approximate surface area is 126 Å². The number of aromatic nitrogens is 2. The van der Waals surface area contributed by atoms with Gasteiger partial charge in [0.2, 0.25) is 0 Å². The molecule has 4 heteroatoms. The third-order valence-corrected chi connectivity index (χ3v) is 4.78. The molecule has 0 spiro atoms. The van der Waals surface area contributed by atoms with Gasteiger partial charge in [0, 0.05) is 12.2 Å². The first-order chi connectivity index (χ1) is 9.98. The molecule has 0 aliphatic heterocycles. The molecule has 1 aromatic carbocycles. The van der Waals surface area contributed by atoms with E-state index in [-0.39, 0.29) is 0 Å². The molecule has 2 aromatic rings. The number of nitrogens with two attached hydrogens (primary N) is 1. The summed E-state index contributed by atoms with van der Waals surface area (Å²) >= 11 is 0. The number of nitrogens with zero attached hydrogens (tertiary/aromatic N) is 2. The van der Waals surface area contributed by atoms with Gasteiger partial charge >= 0.3 is 0 Å². The number of imidazole rings is 1. The van der Waals surface area contributed by atoms with Gasteiger partial charge in [-0.15, -0.1) is 0 Å². The van der Waals surface area contributed by atoms with Crippen LogP contribution in [0.15, 0.2) is 18.2 Å². The lowest BCUT2D eigenvalue weighted by molar-refractivity contribution is 0.158. The standard InChI is InChI=1S/C17H25N3O/c1-12(21)16-19-14-10-13(18)6-7-15(14)20(16)11-17(2)8-4-3-5-9-17/h6-7,10,12,21H,3-5,8-9,11,18H2,1-2H3. The predicted octanol–water partition coefficient (Wildman–Crippen LogP) is 3.64. The van der Waals surface area contributed by atoms with E-state index in [1.807, 2.05) is 18.2 Å². The number of hydrogen-bond donors (Lipinski definition) is 2. The van der Waals surface area contributed by atoms with E-state index in [1.165, 1.54) is 32.1 Å². The summed E-state index contributed by atoms with van der Waals surface area (Å²) in [5.74, 6) is 0.752. The van der Waals surface area contributed by atoms with Crippen LogP contribution < -0.4 is 5.73 Å². The Balaban J connectivity index is 2.04. The van der Waals surface area contributed by atoms with E-state index in [4.69, 9.17) is 5.73 Å². The molecular weight excluding hydrogens is 262 g/mol. The summed E-state index contributed by atoms with van der Waals surface area (Å²) in [6.45, 7) is 5.07. The van der Waals surface area contributed by atoms with Crippen molar-refractivity contribution in [3.05, 3.63) is 24.0 Å². The average Bonchev–Trinajstić information content (AvgIpc) is 2.77. The fraction of sp³-hybridized carbons (Fsp3) is 0.588. The smallest absolute Gasteiger partial charge is 0.138 e. The zero-order valence-corrected chi connectivity index (χ0v) is 13.0. The number of hydrogen-bond acceptors (Lipinski definition) is 3. The van der Waals surface area contributed by atoms with Crippen LogP contribution in [0.25, 0.3) is 11.0 Å². The largest absolute Gasteiger partial charge is 0.399 e. The highest BCUT2D eigenvalue weighted by Gasteiger charge is 2.29. The molecule has 1 fully saturated rings. The van der Waals surface area contributed by atoms with Crippen molar-refractivity contribution >= 4 is 16.7 Å². The number of benzene rings is 1. The molecule has 0 radical (unpaired) electrons. The number of nitrogen functional groups attached to an aromatic ring is 1. The minimum atomic E-state index is -0.564. The monoisotopic (exact) mass is 287 g/mol. The zero-order chi connectivity index (χ0) is 15.0. The van der Waals surface area contributed by atoms with Gasteiger partial charge in [0.25, 0.3) is 0 Å². The van der Waals surface area contributed by atoms with Crippen LogP contribution in [0.5, 0.6) is 0 Å². The third-order valence-electron chi connectivity index (χ3n) is 4.78. The second-order valence-corrected chi connectivity index (χ2v) is 6.85. The van der Waals surface area contributed by atoms with Crippen molar-refractivity contribution in [2.75, 3.05) is 5.73 Å². The van der Waals surface area contributed by atoms with E-state index < -0.39 is 6.10 Å². The molecule has 1 heterocycles. The van der Waals surface area contributed by atoms with Crippen LogP contribution in [-0.4, -0.2) is 14.7 Å². The first-order valence-electron chi connectivity index (χ1n) is 7.92. The Bertz CT molecular complexity index is 639. The van der Waals surface area contributed by atoms with E-state index in [0.717, 1.165) is 23.4 Å². The second kappa shape index (κ2) is 5.34. The molecule has 114 valence electrons. The van der Waals surface area contributed by atoms with Crippen LogP contribution in [0, 0.1) is 5.41 Å². The van der Waals surface area contributed by atoms with Gasteiger partial charge in [-0.1, -0.05) is 26.2 Å². The SMILES string of the molecule is CC(O)c1nc2cc(N)ccc2n1CC1(C)CCCCC1. The highest BCUT2D eigenvalue weighted by molar-refractivity contribution is 5.79. The lowest BCUT2D eigenvalue weighted by atomic mass is 9.75. The van der Waals surface area contributed by atoms with Crippen LogP contribution in [0.2, 0.25) is 0 Å². The minimum Gasteiger partial charge on any atom is -0.399 e.